The molecule has 1 aliphatic heterocycles. The van der Waals surface area contributed by atoms with Gasteiger partial charge in [0.05, 0.1) is 0 Å². The maximum atomic E-state index is 12.3. The molecule has 0 spiro atoms. The zero-order valence-corrected chi connectivity index (χ0v) is 19.4. The lowest BCUT2D eigenvalue weighted by molar-refractivity contribution is -0.130. The van der Waals surface area contributed by atoms with Gasteiger partial charge in [0.2, 0.25) is 0 Å². The molecule has 0 aliphatic carbocycles. The average Bonchev–Trinajstić information content (AvgIpc) is 2.90. The summed E-state index contributed by atoms with van der Waals surface area (Å²) in [7, 11) is 0. The summed E-state index contributed by atoms with van der Waals surface area (Å²) in [6.07, 6.45) is 13.8. The van der Waals surface area contributed by atoms with E-state index in [0.717, 1.165) is 25.9 Å². The molecule has 1 rings (SSSR count). The van der Waals surface area contributed by atoms with Crippen LogP contribution in [0.4, 0.5) is 4.79 Å². The number of imide groups is 1. The van der Waals surface area contributed by atoms with E-state index in [4.69, 9.17) is 5.53 Å². The lowest BCUT2D eigenvalue weighted by atomic mass is 10.1. The minimum absolute atomic E-state index is 0.164. The lowest BCUT2D eigenvalue weighted by Gasteiger charge is -2.23. The number of hydrogen-bond acceptors (Lipinski definition) is 4. The number of nitrogens with zero attached hydrogens (tertiary/aromatic N) is 5. The molecule has 0 unspecified atom stereocenters. The Morgan fingerprint density at radius 3 is 2.03 bits per heavy atom. The first kappa shape index (κ1) is 26.2. The number of carbonyl (C=O) groups is 2. The minimum Gasteiger partial charge on any atom is -0.324 e. The SMILES string of the molecule is CCCCCCCCCCCCN(CCCN1C(=O)NC(C)(C)C1=O)CCN=[N+]=[N-]. The summed E-state index contributed by atoms with van der Waals surface area (Å²) in [5, 5.41) is 6.36. The molecule has 1 fully saturated rings. The second-order valence-electron chi connectivity index (χ2n) is 8.84. The van der Waals surface area contributed by atoms with Crippen molar-refractivity contribution in [3.63, 3.8) is 0 Å². The maximum Gasteiger partial charge on any atom is 0.325 e. The van der Waals surface area contributed by atoms with E-state index >= 15 is 0 Å². The molecule has 0 aromatic rings. The molecule has 0 saturated carbocycles. The summed E-state index contributed by atoms with van der Waals surface area (Å²) in [5.41, 5.74) is 7.71. The normalized spacial score (nSPS) is 15.5. The van der Waals surface area contributed by atoms with Crippen LogP contribution in [-0.2, 0) is 4.79 Å². The highest BCUT2D eigenvalue weighted by Crippen LogP contribution is 2.17. The van der Waals surface area contributed by atoms with Crippen LogP contribution >= 0.6 is 0 Å². The van der Waals surface area contributed by atoms with Crippen LogP contribution in [0, 0.1) is 0 Å². The molecule has 3 amide bonds. The summed E-state index contributed by atoms with van der Waals surface area (Å²) < 4.78 is 0. The van der Waals surface area contributed by atoms with Crippen molar-refractivity contribution < 1.29 is 9.59 Å². The number of nitrogens with one attached hydrogen (secondary N) is 1. The summed E-state index contributed by atoms with van der Waals surface area (Å²) >= 11 is 0. The van der Waals surface area contributed by atoms with Gasteiger partial charge in [-0.15, -0.1) is 0 Å². The molecule has 0 bridgehead atoms. The summed E-state index contributed by atoms with van der Waals surface area (Å²) in [6.45, 7) is 9.04. The number of carbonyl (C=O) groups excluding carboxylic acids is 2. The summed E-state index contributed by atoms with van der Waals surface area (Å²) in [5.74, 6) is -0.164. The van der Waals surface area contributed by atoms with E-state index in [2.05, 4.69) is 27.2 Å². The number of azide groups is 1. The van der Waals surface area contributed by atoms with E-state index in [-0.39, 0.29) is 11.9 Å². The minimum atomic E-state index is -0.811. The number of unbranched alkanes of at least 4 members (excludes halogenated alkanes) is 9. The van der Waals surface area contributed by atoms with Gasteiger partial charge in [-0.25, -0.2) is 4.79 Å². The Hall–Kier alpha value is -1.79. The Balaban J connectivity index is 2.23. The molecule has 1 N–H and O–H groups in total. The third-order valence-electron chi connectivity index (χ3n) is 5.71. The third kappa shape index (κ3) is 10.3. The van der Waals surface area contributed by atoms with Gasteiger partial charge in [-0.2, -0.15) is 0 Å². The Kier molecular flexibility index (Phi) is 13.2. The van der Waals surface area contributed by atoms with Crippen molar-refractivity contribution in [3.05, 3.63) is 10.4 Å². The topological polar surface area (TPSA) is 101 Å². The zero-order valence-electron chi connectivity index (χ0n) is 19.4. The highest BCUT2D eigenvalue weighted by atomic mass is 16.2. The van der Waals surface area contributed by atoms with Gasteiger partial charge in [-0.3, -0.25) is 9.69 Å². The van der Waals surface area contributed by atoms with Gasteiger partial charge < -0.3 is 10.2 Å². The number of urea groups is 1. The Morgan fingerprint density at radius 1 is 0.933 bits per heavy atom. The van der Waals surface area contributed by atoms with Crippen molar-refractivity contribution in [2.75, 3.05) is 32.7 Å². The molecule has 8 nitrogen and oxygen atoms in total. The van der Waals surface area contributed by atoms with Crippen LogP contribution in [0.3, 0.4) is 0 Å². The van der Waals surface area contributed by atoms with E-state index in [9.17, 15) is 9.59 Å². The maximum absolute atomic E-state index is 12.3. The second kappa shape index (κ2) is 15.1. The van der Waals surface area contributed by atoms with E-state index in [1.54, 1.807) is 13.8 Å². The molecular formula is C22H42N6O2. The van der Waals surface area contributed by atoms with E-state index in [0.29, 0.717) is 19.6 Å². The first-order valence-corrected chi connectivity index (χ1v) is 11.8. The fraction of sp³-hybridized carbons (Fsp3) is 0.909. The Morgan fingerprint density at radius 2 is 1.50 bits per heavy atom. The average molecular weight is 423 g/mol. The van der Waals surface area contributed by atoms with Crippen LogP contribution in [0.2, 0.25) is 0 Å². The molecule has 8 heteroatoms. The fourth-order valence-electron chi connectivity index (χ4n) is 3.86. The number of amides is 3. The third-order valence-corrected chi connectivity index (χ3v) is 5.71. The van der Waals surface area contributed by atoms with Crippen LogP contribution in [0.1, 0.15) is 91.4 Å². The standard InChI is InChI=1S/C22H42N6O2/c1-4-5-6-7-8-9-10-11-12-13-16-27(19-15-24-26-23)17-14-18-28-20(29)22(2,3)25-21(28)30/h4-19H2,1-3H3,(H,25,30). The van der Waals surface area contributed by atoms with Crippen LogP contribution < -0.4 is 5.32 Å². The van der Waals surface area contributed by atoms with Crippen LogP contribution in [0.5, 0.6) is 0 Å². The smallest absolute Gasteiger partial charge is 0.324 e. The first-order chi connectivity index (χ1) is 14.4. The Labute approximate surface area is 182 Å². The van der Waals surface area contributed by atoms with Crippen LogP contribution in [-0.4, -0.2) is 60.0 Å². The van der Waals surface area contributed by atoms with Crippen LogP contribution in [0.25, 0.3) is 10.4 Å². The fourth-order valence-corrected chi connectivity index (χ4v) is 3.86. The summed E-state index contributed by atoms with van der Waals surface area (Å²) in [4.78, 5) is 30.7. The van der Waals surface area contributed by atoms with Crippen molar-refractivity contribution in [1.82, 2.24) is 15.1 Å². The molecule has 0 radical (unpaired) electrons. The van der Waals surface area contributed by atoms with Crippen LogP contribution in [0.15, 0.2) is 5.11 Å². The van der Waals surface area contributed by atoms with Gasteiger partial charge in [0.15, 0.2) is 0 Å². The monoisotopic (exact) mass is 422 g/mol. The molecule has 1 aliphatic rings. The lowest BCUT2D eigenvalue weighted by Crippen LogP contribution is -2.40. The molecule has 1 saturated heterocycles. The second-order valence-corrected chi connectivity index (χ2v) is 8.84. The molecule has 30 heavy (non-hydrogen) atoms. The predicted molar refractivity (Wildman–Crippen MR) is 121 cm³/mol. The van der Waals surface area contributed by atoms with E-state index in [1.165, 1.54) is 62.7 Å². The van der Waals surface area contributed by atoms with Gasteiger partial charge >= 0.3 is 6.03 Å². The highest BCUT2D eigenvalue weighted by molar-refractivity contribution is 6.06. The van der Waals surface area contributed by atoms with Gasteiger partial charge in [0.1, 0.15) is 5.54 Å². The molecule has 0 aromatic carbocycles. The van der Waals surface area contributed by atoms with Crippen molar-refractivity contribution in [3.8, 4) is 0 Å². The summed E-state index contributed by atoms with van der Waals surface area (Å²) in [6, 6.07) is -0.305. The van der Waals surface area contributed by atoms with Gasteiger partial charge in [0.25, 0.3) is 5.91 Å². The highest BCUT2D eigenvalue weighted by Gasteiger charge is 2.43. The first-order valence-electron chi connectivity index (χ1n) is 11.8. The van der Waals surface area contributed by atoms with Crippen molar-refractivity contribution in [2.24, 2.45) is 5.11 Å². The van der Waals surface area contributed by atoms with E-state index < -0.39 is 5.54 Å². The molecule has 1 heterocycles. The quantitative estimate of drug-likeness (QED) is 0.107. The zero-order chi connectivity index (χ0) is 22.2. The van der Waals surface area contributed by atoms with E-state index in [1.807, 2.05) is 0 Å². The molecular weight excluding hydrogens is 380 g/mol. The Bertz CT molecular complexity index is 560. The van der Waals surface area contributed by atoms with Crippen molar-refractivity contribution >= 4 is 11.9 Å². The molecule has 0 aromatic heterocycles. The van der Waals surface area contributed by atoms with Crippen molar-refractivity contribution in [1.29, 1.82) is 0 Å². The molecule has 172 valence electrons. The largest absolute Gasteiger partial charge is 0.325 e. The predicted octanol–water partition coefficient (Wildman–Crippen LogP) is 5.24. The number of rotatable bonds is 18. The van der Waals surface area contributed by atoms with Gasteiger partial charge in [-0.05, 0) is 45.3 Å². The van der Waals surface area contributed by atoms with Crippen molar-refractivity contribution in [2.45, 2.75) is 96.9 Å². The molecule has 0 atom stereocenters. The number of hydrogen-bond donors (Lipinski definition) is 1. The van der Waals surface area contributed by atoms with Gasteiger partial charge in [0, 0.05) is 24.5 Å². The van der Waals surface area contributed by atoms with Gasteiger partial charge in [-0.1, -0.05) is 69.8 Å².